The first-order chi connectivity index (χ1) is 13.5. The van der Waals surface area contributed by atoms with E-state index < -0.39 is 10.0 Å². The second kappa shape index (κ2) is 6.11. The molecular formula is C19H14N4O3S2. The third kappa shape index (κ3) is 2.72. The molecule has 0 bridgehead atoms. The Morgan fingerprint density at radius 1 is 1.00 bits per heavy atom. The summed E-state index contributed by atoms with van der Waals surface area (Å²) in [7, 11) is -3.66. The van der Waals surface area contributed by atoms with E-state index >= 15 is 0 Å². The van der Waals surface area contributed by atoms with Crippen molar-refractivity contribution in [1.82, 2.24) is 15.0 Å². The summed E-state index contributed by atoms with van der Waals surface area (Å²) in [4.78, 5) is 10.6. The fourth-order valence-electron chi connectivity index (χ4n) is 3.17. The van der Waals surface area contributed by atoms with Gasteiger partial charge >= 0.3 is 0 Å². The lowest BCUT2D eigenvalue weighted by atomic mass is 10.1. The van der Waals surface area contributed by atoms with Gasteiger partial charge in [0.05, 0.1) is 16.6 Å². The molecular weight excluding hydrogens is 396 g/mol. The average Bonchev–Trinajstić information content (AvgIpc) is 3.38. The molecule has 0 fully saturated rings. The fraction of sp³-hybridized carbons (Fsp3) is 0. The summed E-state index contributed by atoms with van der Waals surface area (Å²) in [6.07, 6.45) is 0. The van der Waals surface area contributed by atoms with Crippen LogP contribution in [0.25, 0.3) is 33.3 Å². The molecule has 0 spiro atoms. The molecule has 7 nitrogen and oxygen atoms in total. The van der Waals surface area contributed by atoms with Crippen molar-refractivity contribution in [1.29, 1.82) is 0 Å². The normalized spacial score (nSPS) is 12.0. The van der Waals surface area contributed by atoms with Gasteiger partial charge in [-0.3, -0.25) is 4.72 Å². The van der Waals surface area contributed by atoms with Crippen LogP contribution in [0.15, 0.2) is 64.2 Å². The molecule has 0 aliphatic carbocycles. The Kier molecular flexibility index (Phi) is 3.68. The Balaban J connectivity index is 1.62. The number of para-hydroxylation sites is 2. The lowest BCUT2D eigenvalue weighted by Gasteiger charge is -2.06. The van der Waals surface area contributed by atoms with Gasteiger partial charge < -0.3 is 15.1 Å². The number of aromatic nitrogens is 3. The van der Waals surface area contributed by atoms with Gasteiger partial charge in [0.15, 0.2) is 0 Å². The van der Waals surface area contributed by atoms with Crippen LogP contribution in [0.3, 0.4) is 0 Å². The van der Waals surface area contributed by atoms with E-state index in [4.69, 9.17) is 0 Å². The molecule has 0 atom stereocenters. The Morgan fingerprint density at radius 2 is 1.86 bits per heavy atom. The zero-order valence-corrected chi connectivity index (χ0v) is 15.9. The van der Waals surface area contributed by atoms with Crippen molar-refractivity contribution >= 4 is 49.0 Å². The number of nitrogens with one attached hydrogen (secondary N) is 3. The number of hydrogen-bond acceptors (Lipinski definition) is 5. The number of aromatic hydroxyl groups is 1. The lowest BCUT2D eigenvalue weighted by Crippen LogP contribution is -2.11. The Morgan fingerprint density at radius 3 is 2.64 bits per heavy atom. The Hall–Kier alpha value is -3.30. The van der Waals surface area contributed by atoms with Gasteiger partial charge in [-0.15, -0.1) is 11.3 Å². The molecule has 0 aliphatic rings. The van der Waals surface area contributed by atoms with Gasteiger partial charge in [0.2, 0.25) is 5.88 Å². The first-order valence-electron chi connectivity index (χ1n) is 8.37. The molecule has 0 saturated carbocycles. The van der Waals surface area contributed by atoms with Crippen molar-refractivity contribution in [2.45, 2.75) is 4.21 Å². The van der Waals surface area contributed by atoms with Gasteiger partial charge in [-0.25, -0.2) is 13.4 Å². The molecule has 3 aromatic heterocycles. The minimum atomic E-state index is -3.66. The topological polar surface area (TPSA) is 111 Å². The summed E-state index contributed by atoms with van der Waals surface area (Å²) in [5, 5.41) is 12.8. The Bertz CT molecular complexity index is 1380. The van der Waals surface area contributed by atoms with E-state index in [0.717, 1.165) is 22.4 Å². The van der Waals surface area contributed by atoms with E-state index in [2.05, 4.69) is 19.7 Å². The predicted octanol–water partition coefficient (Wildman–Crippen LogP) is 4.28. The molecule has 0 radical (unpaired) electrons. The zero-order valence-electron chi connectivity index (χ0n) is 14.3. The maximum Gasteiger partial charge on any atom is 0.271 e. The van der Waals surface area contributed by atoms with E-state index in [9.17, 15) is 13.5 Å². The number of benzene rings is 2. The Labute approximate surface area is 163 Å². The highest BCUT2D eigenvalue weighted by atomic mass is 32.2. The second-order valence-corrected chi connectivity index (χ2v) is 9.11. The van der Waals surface area contributed by atoms with Crippen molar-refractivity contribution in [2.24, 2.45) is 0 Å². The monoisotopic (exact) mass is 410 g/mol. The molecule has 5 rings (SSSR count). The van der Waals surface area contributed by atoms with Crippen molar-refractivity contribution in [3.63, 3.8) is 0 Å². The summed E-state index contributed by atoms with van der Waals surface area (Å²) in [5.74, 6) is 0.468. The standard InChI is InChI=1S/C19H14N4O3S2/c24-19-17(18-20-14-4-1-2-5-15(14)21-18)12-10-11(7-8-13(12)22-19)23-28(25,26)16-6-3-9-27-16/h1-10,22-24H,(H,20,21). The molecule has 0 amide bonds. The number of fused-ring (bicyclic) bond motifs is 2. The van der Waals surface area contributed by atoms with E-state index in [0.29, 0.717) is 28.0 Å². The number of imidazole rings is 1. The maximum atomic E-state index is 12.5. The number of thiophene rings is 1. The van der Waals surface area contributed by atoms with Crippen molar-refractivity contribution in [3.8, 4) is 17.3 Å². The summed E-state index contributed by atoms with van der Waals surface area (Å²) in [6, 6.07) is 15.8. The number of rotatable bonds is 4. The quantitative estimate of drug-likeness (QED) is 0.354. The van der Waals surface area contributed by atoms with Crippen LogP contribution in [0.2, 0.25) is 0 Å². The SMILES string of the molecule is O=S(=O)(Nc1ccc2[nH]c(O)c(-c3nc4ccccc4[nH]3)c2c1)c1cccs1. The van der Waals surface area contributed by atoms with E-state index in [1.54, 1.807) is 35.7 Å². The van der Waals surface area contributed by atoms with Crippen molar-refractivity contribution < 1.29 is 13.5 Å². The van der Waals surface area contributed by atoms with Gasteiger partial charge in [0.1, 0.15) is 10.0 Å². The average molecular weight is 410 g/mol. The largest absolute Gasteiger partial charge is 0.494 e. The summed E-state index contributed by atoms with van der Waals surface area (Å²) < 4.78 is 27.8. The molecule has 140 valence electrons. The van der Waals surface area contributed by atoms with Crippen molar-refractivity contribution in [2.75, 3.05) is 4.72 Å². The van der Waals surface area contributed by atoms with Crippen LogP contribution >= 0.6 is 11.3 Å². The minimum Gasteiger partial charge on any atom is -0.494 e. The molecule has 0 aliphatic heterocycles. The number of sulfonamides is 1. The number of hydrogen-bond donors (Lipinski definition) is 4. The van der Waals surface area contributed by atoms with Crippen LogP contribution in [-0.2, 0) is 10.0 Å². The molecule has 2 aromatic carbocycles. The molecule has 0 saturated heterocycles. The van der Waals surface area contributed by atoms with Crippen LogP contribution in [0.4, 0.5) is 5.69 Å². The highest BCUT2D eigenvalue weighted by Crippen LogP contribution is 2.37. The molecule has 9 heteroatoms. The minimum absolute atomic E-state index is 0.0349. The highest BCUT2D eigenvalue weighted by Gasteiger charge is 2.19. The van der Waals surface area contributed by atoms with Gasteiger partial charge in [0, 0.05) is 16.6 Å². The number of nitrogens with zero attached hydrogens (tertiary/aromatic N) is 1. The van der Waals surface area contributed by atoms with Crippen LogP contribution in [0.1, 0.15) is 0 Å². The highest BCUT2D eigenvalue weighted by molar-refractivity contribution is 7.94. The number of anilines is 1. The number of aromatic amines is 2. The predicted molar refractivity (Wildman–Crippen MR) is 110 cm³/mol. The van der Waals surface area contributed by atoms with Crippen LogP contribution in [0.5, 0.6) is 5.88 Å². The van der Waals surface area contributed by atoms with Crippen molar-refractivity contribution in [3.05, 3.63) is 60.0 Å². The number of H-pyrrole nitrogens is 2. The second-order valence-electron chi connectivity index (χ2n) is 6.25. The van der Waals surface area contributed by atoms with Crippen LogP contribution in [-0.4, -0.2) is 28.5 Å². The van der Waals surface area contributed by atoms with Gasteiger partial charge in [-0.2, -0.15) is 0 Å². The van der Waals surface area contributed by atoms with Crippen LogP contribution in [0, 0.1) is 0 Å². The third-order valence-corrected chi connectivity index (χ3v) is 7.20. The first kappa shape index (κ1) is 16.8. The fourth-order valence-corrected chi connectivity index (χ4v) is 5.22. The maximum absolute atomic E-state index is 12.5. The zero-order chi connectivity index (χ0) is 19.3. The first-order valence-corrected chi connectivity index (χ1v) is 10.7. The van der Waals surface area contributed by atoms with Gasteiger partial charge in [-0.1, -0.05) is 18.2 Å². The smallest absolute Gasteiger partial charge is 0.271 e. The van der Waals surface area contributed by atoms with E-state index in [1.807, 2.05) is 24.3 Å². The van der Waals surface area contributed by atoms with Gasteiger partial charge in [0.25, 0.3) is 10.0 Å². The third-order valence-electron chi connectivity index (χ3n) is 4.42. The van der Waals surface area contributed by atoms with E-state index in [1.165, 1.54) is 0 Å². The van der Waals surface area contributed by atoms with Gasteiger partial charge in [-0.05, 0) is 41.8 Å². The molecule has 3 heterocycles. The summed E-state index contributed by atoms with van der Waals surface area (Å²) in [5.41, 5.74) is 3.19. The van der Waals surface area contributed by atoms with Crippen LogP contribution < -0.4 is 4.72 Å². The summed E-state index contributed by atoms with van der Waals surface area (Å²) >= 11 is 1.15. The molecule has 5 aromatic rings. The molecule has 4 N–H and O–H groups in total. The molecule has 28 heavy (non-hydrogen) atoms. The lowest BCUT2D eigenvalue weighted by molar-refractivity contribution is 0.460. The molecule has 0 unspecified atom stereocenters. The summed E-state index contributed by atoms with van der Waals surface area (Å²) in [6.45, 7) is 0. The van der Waals surface area contributed by atoms with E-state index in [-0.39, 0.29) is 10.1 Å².